The van der Waals surface area contributed by atoms with Crippen molar-refractivity contribution < 1.29 is 5.11 Å². The van der Waals surface area contributed by atoms with E-state index in [1.165, 1.54) is 32.1 Å². The van der Waals surface area contributed by atoms with Gasteiger partial charge in [0.2, 0.25) is 0 Å². The van der Waals surface area contributed by atoms with Crippen LogP contribution in [0.1, 0.15) is 45.4 Å². The lowest BCUT2D eigenvalue weighted by Crippen LogP contribution is -2.39. The second-order valence-corrected chi connectivity index (χ2v) is 5.52. The van der Waals surface area contributed by atoms with Gasteiger partial charge in [0.1, 0.15) is 0 Å². The van der Waals surface area contributed by atoms with Crippen molar-refractivity contribution in [3.05, 3.63) is 0 Å². The molecule has 2 saturated carbocycles. The van der Waals surface area contributed by atoms with Crippen molar-refractivity contribution in [1.29, 1.82) is 0 Å². The van der Waals surface area contributed by atoms with Crippen molar-refractivity contribution in [2.75, 3.05) is 6.54 Å². The number of nitrogens with two attached hydrogens (primary N) is 1. The average Bonchev–Trinajstić information content (AvgIpc) is 2.73. The molecule has 2 aliphatic rings. The average molecular weight is 197 g/mol. The monoisotopic (exact) mass is 197 g/mol. The highest BCUT2D eigenvalue weighted by atomic mass is 16.3. The predicted octanol–water partition coefficient (Wildman–Crippen LogP) is 1.91. The van der Waals surface area contributed by atoms with E-state index in [9.17, 15) is 5.11 Å². The lowest BCUT2D eigenvalue weighted by molar-refractivity contribution is 0.0439. The first-order valence-corrected chi connectivity index (χ1v) is 6.06. The molecule has 2 rings (SSSR count). The zero-order chi connectivity index (χ0) is 10.2. The number of aliphatic hydroxyl groups is 1. The molecular formula is C12H23NO. The number of hydrogen-bond acceptors (Lipinski definition) is 2. The molecule has 0 aromatic carbocycles. The van der Waals surface area contributed by atoms with Crippen LogP contribution in [0.25, 0.3) is 0 Å². The third kappa shape index (κ3) is 1.59. The molecule has 0 aromatic heterocycles. The fourth-order valence-electron chi connectivity index (χ4n) is 3.76. The minimum atomic E-state index is -0.0659. The molecule has 2 nitrogen and oxygen atoms in total. The summed E-state index contributed by atoms with van der Waals surface area (Å²) < 4.78 is 0. The molecule has 2 fully saturated rings. The van der Waals surface area contributed by atoms with E-state index in [-0.39, 0.29) is 11.5 Å². The molecule has 0 radical (unpaired) electrons. The van der Waals surface area contributed by atoms with E-state index in [4.69, 9.17) is 5.73 Å². The van der Waals surface area contributed by atoms with E-state index in [1.807, 2.05) is 0 Å². The van der Waals surface area contributed by atoms with Crippen LogP contribution < -0.4 is 5.73 Å². The van der Waals surface area contributed by atoms with Crippen molar-refractivity contribution in [3.8, 4) is 0 Å². The van der Waals surface area contributed by atoms with Gasteiger partial charge in [0.25, 0.3) is 0 Å². The van der Waals surface area contributed by atoms with E-state index in [0.717, 1.165) is 18.9 Å². The molecule has 2 heteroatoms. The summed E-state index contributed by atoms with van der Waals surface area (Å²) in [5, 5.41) is 9.98. The van der Waals surface area contributed by atoms with Crippen LogP contribution in [0.2, 0.25) is 0 Å². The van der Waals surface area contributed by atoms with Crippen LogP contribution in [-0.4, -0.2) is 17.8 Å². The Hall–Kier alpha value is -0.0800. The van der Waals surface area contributed by atoms with E-state index in [2.05, 4.69) is 6.92 Å². The zero-order valence-electron chi connectivity index (χ0n) is 9.21. The lowest BCUT2D eigenvalue weighted by Gasteiger charge is -2.36. The summed E-state index contributed by atoms with van der Waals surface area (Å²) in [7, 11) is 0. The fraction of sp³-hybridized carbons (Fsp3) is 1.00. The second kappa shape index (κ2) is 3.82. The van der Waals surface area contributed by atoms with Gasteiger partial charge in [-0.3, -0.25) is 0 Å². The Morgan fingerprint density at radius 1 is 1.36 bits per heavy atom. The lowest BCUT2D eigenvalue weighted by atomic mass is 9.71. The normalized spacial score (nSPS) is 48.6. The summed E-state index contributed by atoms with van der Waals surface area (Å²) in [6, 6.07) is 0. The van der Waals surface area contributed by atoms with Crippen LogP contribution in [0.5, 0.6) is 0 Å². The van der Waals surface area contributed by atoms with E-state index in [0.29, 0.717) is 5.92 Å². The summed E-state index contributed by atoms with van der Waals surface area (Å²) in [6.45, 7) is 3.10. The third-order valence-corrected chi connectivity index (χ3v) is 4.56. The molecular weight excluding hydrogens is 174 g/mol. The van der Waals surface area contributed by atoms with Gasteiger partial charge in [-0.25, -0.2) is 0 Å². The van der Waals surface area contributed by atoms with Gasteiger partial charge in [0, 0.05) is 0 Å². The van der Waals surface area contributed by atoms with E-state index < -0.39 is 0 Å². The van der Waals surface area contributed by atoms with Gasteiger partial charge < -0.3 is 10.8 Å². The molecule has 82 valence electrons. The second-order valence-electron chi connectivity index (χ2n) is 5.52. The molecule has 0 amide bonds. The molecule has 2 aliphatic carbocycles. The van der Waals surface area contributed by atoms with Crippen molar-refractivity contribution in [2.45, 2.75) is 51.6 Å². The maximum absolute atomic E-state index is 9.98. The maximum Gasteiger partial charge on any atom is 0.0574 e. The Kier molecular flexibility index (Phi) is 2.85. The first-order chi connectivity index (χ1) is 6.68. The molecule has 14 heavy (non-hydrogen) atoms. The first-order valence-electron chi connectivity index (χ1n) is 6.06. The van der Waals surface area contributed by atoms with Gasteiger partial charge in [-0.15, -0.1) is 0 Å². The fourth-order valence-corrected chi connectivity index (χ4v) is 3.76. The highest BCUT2D eigenvalue weighted by Crippen LogP contribution is 2.51. The van der Waals surface area contributed by atoms with E-state index in [1.54, 1.807) is 0 Å². The quantitative estimate of drug-likeness (QED) is 0.710. The molecule has 0 aliphatic heterocycles. The number of aliphatic hydroxyl groups excluding tert-OH is 1. The first kappa shape index (κ1) is 10.4. The molecule has 0 spiro atoms. The van der Waals surface area contributed by atoms with Crippen LogP contribution in [0, 0.1) is 17.3 Å². The standard InChI is InChI=1S/C12H23NO/c1-9-5-6-12(7-9,8-13)10-3-2-4-11(10)14/h9-11,14H,2-8,13H2,1H3. The molecule has 0 saturated heterocycles. The van der Waals surface area contributed by atoms with Crippen molar-refractivity contribution in [1.82, 2.24) is 0 Å². The highest BCUT2D eigenvalue weighted by Gasteiger charge is 2.46. The predicted molar refractivity (Wildman–Crippen MR) is 57.9 cm³/mol. The summed E-state index contributed by atoms with van der Waals surface area (Å²) in [5.41, 5.74) is 6.25. The van der Waals surface area contributed by atoms with Gasteiger partial charge in [-0.05, 0) is 49.5 Å². The van der Waals surface area contributed by atoms with Crippen molar-refractivity contribution >= 4 is 0 Å². The van der Waals surface area contributed by atoms with Crippen molar-refractivity contribution in [3.63, 3.8) is 0 Å². The Morgan fingerprint density at radius 3 is 2.57 bits per heavy atom. The number of rotatable bonds is 2. The van der Waals surface area contributed by atoms with Gasteiger partial charge in [-0.2, -0.15) is 0 Å². The van der Waals surface area contributed by atoms with Crippen LogP contribution in [0.4, 0.5) is 0 Å². The van der Waals surface area contributed by atoms with Gasteiger partial charge in [0.05, 0.1) is 6.10 Å². The van der Waals surface area contributed by atoms with Crippen LogP contribution in [0.15, 0.2) is 0 Å². The summed E-state index contributed by atoms with van der Waals surface area (Å²) in [6.07, 6.45) is 7.12. The van der Waals surface area contributed by atoms with Crippen LogP contribution >= 0.6 is 0 Å². The highest BCUT2D eigenvalue weighted by molar-refractivity contribution is 4.98. The topological polar surface area (TPSA) is 46.2 Å². The summed E-state index contributed by atoms with van der Waals surface area (Å²) in [5.74, 6) is 1.31. The largest absolute Gasteiger partial charge is 0.393 e. The Labute approximate surface area is 86.9 Å². The van der Waals surface area contributed by atoms with Crippen molar-refractivity contribution in [2.24, 2.45) is 23.0 Å². The maximum atomic E-state index is 9.98. The molecule has 4 atom stereocenters. The summed E-state index contributed by atoms with van der Waals surface area (Å²) in [4.78, 5) is 0. The molecule has 0 heterocycles. The van der Waals surface area contributed by atoms with Crippen LogP contribution in [-0.2, 0) is 0 Å². The molecule has 0 aromatic rings. The minimum absolute atomic E-state index is 0.0659. The van der Waals surface area contributed by atoms with Gasteiger partial charge in [0.15, 0.2) is 0 Å². The molecule has 3 N–H and O–H groups in total. The Morgan fingerprint density at radius 2 is 2.14 bits per heavy atom. The van der Waals surface area contributed by atoms with Crippen LogP contribution in [0.3, 0.4) is 0 Å². The minimum Gasteiger partial charge on any atom is -0.393 e. The zero-order valence-corrected chi connectivity index (χ0v) is 9.21. The van der Waals surface area contributed by atoms with E-state index >= 15 is 0 Å². The SMILES string of the molecule is CC1CCC(CN)(C2CCCC2O)C1. The molecule has 4 unspecified atom stereocenters. The molecule has 0 bridgehead atoms. The number of hydrogen-bond donors (Lipinski definition) is 2. The Bertz CT molecular complexity index is 206. The van der Waals surface area contributed by atoms with Gasteiger partial charge in [-0.1, -0.05) is 19.8 Å². The summed E-state index contributed by atoms with van der Waals surface area (Å²) >= 11 is 0. The Balaban J connectivity index is 2.11. The smallest absolute Gasteiger partial charge is 0.0574 e. The van der Waals surface area contributed by atoms with Gasteiger partial charge >= 0.3 is 0 Å². The third-order valence-electron chi connectivity index (χ3n) is 4.56.